The first-order valence-corrected chi connectivity index (χ1v) is 4.71. The van der Waals surface area contributed by atoms with Crippen LogP contribution in [0.3, 0.4) is 0 Å². The summed E-state index contributed by atoms with van der Waals surface area (Å²) in [5, 5.41) is 8.53. The second-order valence-corrected chi connectivity index (χ2v) is 2.93. The third-order valence-electron chi connectivity index (χ3n) is 1.68. The van der Waals surface area contributed by atoms with Crippen LogP contribution in [-0.4, -0.2) is 23.9 Å². The molecule has 1 aromatic rings. The van der Waals surface area contributed by atoms with E-state index in [1.165, 1.54) is 6.92 Å². The molecule has 8 heteroatoms. The van der Waals surface area contributed by atoms with Gasteiger partial charge in [0, 0.05) is 0 Å². The van der Waals surface area contributed by atoms with Crippen LogP contribution in [0.2, 0.25) is 0 Å². The van der Waals surface area contributed by atoms with Gasteiger partial charge in [-0.2, -0.15) is 5.26 Å². The molecule has 1 heterocycles. The second-order valence-electron chi connectivity index (χ2n) is 2.93. The Labute approximate surface area is 99.8 Å². The van der Waals surface area contributed by atoms with E-state index >= 15 is 0 Å². The maximum absolute atomic E-state index is 12.1. The van der Waals surface area contributed by atoms with Crippen LogP contribution >= 0.6 is 0 Å². The minimum absolute atomic E-state index is 0.00963. The molecule has 0 amide bonds. The molecule has 0 bridgehead atoms. The monoisotopic (exact) mass is 260 g/mol. The van der Waals surface area contributed by atoms with Gasteiger partial charge in [0.2, 0.25) is 5.88 Å². The molecule has 0 aliphatic carbocycles. The van der Waals surface area contributed by atoms with E-state index < -0.39 is 23.8 Å². The number of hydrogen-bond acceptors (Lipinski definition) is 5. The summed E-state index contributed by atoms with van der Waals surface area (Å²) in [6.07, 6.45) is -5.01. The van der Waals surface area contributed by atoms with Crippen molar-refractivity contribution in [3.05, 3.63) is 23.4 Å². The molecule has 0 saturated carbocycles. The minimum Gasteiger partial charge on any atom is -0.462 e. The van der Waals surface area contributed by atoms with E-state index in [-0.39, 0.29) is 12.3 Å². The second kappa shape index (κ2) is 5.35. The molecule has 0 unspecified atom stereocenters. The Kier molecular flexibility index (Phi) is 4.09. The highest BCUT2D eigenvalue weighted by Crippen LogP contribution is 2.25. The summed E-state index contributed by atoms with van der Waals surface area (Å²) in [5.74, 6) is -2.01. The van der Waals surface area contributed by atoms with Crippen LogP contribution in [0, 0.1) is 11.3 Å². The molecule has 0 radical (unpaired) electrons. The molecular weight excluding hydrogens is 253 g/mol. The van der Waals surface area contributed by atoms with Gasteiger partial charge in [-0.25, -0.2) is 9.78 Å². The summed E-state index contributed by atoms with van der Waals surface area (Å²) in [4.78, 5) is 14.6. The van der Waals surface area contributed by atoms with Gasteiger partial charge in [-0.1, -0.05) is 0 Å². The third kappa shape index (κ3) is 3.62. The van der Waals surface area contributed by atoms with Crippen LogP contribution in [0.4, 0.5) is 13.2 Å². The lowest BCUT2D eigenvalue weighted by atomic mass is 10.2. The molecule has 0 N–H and O–H groups in total. The molecule has 1 aromatic heterocycles. The van der Waals surface area contributed by atoms with Crippen LogP contribution in [0.25, 0.3) is 0 Å². The van der Waals surface area contributed by atoms with Gasteiger partial charge in [0.15, 0.2) is 0 Å². The van der Waals surface area contributed by atoms with E-state index in [4.69, 9.17) is 5.26 Å². The number of aromatic nitrogens is 1. The zero-order valence-corrected chi connectivity index (χ0v) is 9.11. The number of halogens is 3. The van der Waals surface area contributed by atoms with Gasteiger partial charge in [-0.05, 0) is 19.1 Å². The quantitative estimate of drug-likeness (QED) is 0.777. The van der Waals surface area contributed by atoms with Crippen molar-refractivity contribution in [2.24, 2.45) is 0 Å². The van der Waals surface area contributed by atoms with Crippen LogP contribution in [0.15, 0.2) is 12.1 Å². The number of carbonyl (C=O) groups excluding carboxylic acids is 1. The van der Waals surface area contributed by atoms with E-state index in [9.17, 15) is 18.0 Å². The topological polar surface area (TPSA) is 72.2 Å². The Hall–Kier alpha value is -2.30. The fraction of sp³-hybridized carbons (Fsp3) is 0.300. The number of rotatable bonds is 3. The molecule has 0 aromatic carbocycles. The summed E-state index contributed by atoms with van der Waals surface area (Å²) >= 11 is 0. The van der Waals surface area contributed by atoms with Crippen molar-refractivity contribution in [2.75, 3.05) is 6.61 Å². The first-order chi connectivity index (χ1) is 8.37. The van der Waals surface area contributed by atoms with E-state index in [1.54, 1.807) is 6.07 Å². The Morgan fingerprint density at radius 2 is 2.17 bits per heavy atom. The zero-order chi connectivity index (χ0) is 13.8. The molecule has 0 saturated heterocycles. The molecule has 0 aliphatic heterocycles. The molecule has 0 aliphatic rings. The van der Waals surface area contributed by atoms with Crippen LogP contribution in [0.5, 0.6) is 5.88 Å². The molecule has 0 atom stereocenters. The standard InChI is InChI=1S/C10H7F3N2O3/c1-2-17-9(16)7-4-3-6(5-14)15-8(7)18-10(11,12)13/h3-4H,2H2,1H3. The Morgan fingerprint density at radius 3 is 2.67 bits per heavy atom. The lowest BCUT2D eigenvalue weighted by Crippen LogP contribution is -2.20. The third-order valence-corrected chi connectivity index (χ3v) is 1.68. The first kappa shape index (κ1) is 13.8. The number of alkyl halides is 3. The summed E-state index contributed by atoms with van der Waals surface area (Å²) in [6.45, 7) is 1.49. The van der Waals surface area contributed by atoms with Crippen LogP contribution < -0.4 is 4.74 Å². The number of nitriles is 1. The van der Waals surface area contributed by atoms with Gasteiger partial charge in [0.1, 0.15) is 17.3 Å². The van der Waals surface area contributed by atoms with E-state index in [0.717, 1.165) is 12.1 Å². The molecule has 0 spiro atoms. The highest BCUT2D eigenvalue weighted by molar-refractivity contribution is 5.91. The maximum Gasteiger partial charge on any atom is 0.574 e. The number of carbonyl (C=O) groups is 1. The predicted octanol–water partition coefficient (Wildman–Crippen LogP) is 2.03. The molecular formula is C10H7F3N2O3. The van der Waals surface area contributed by atoms with Crippen LogP contribution in [-0.2, 0) is 4.74 Å². The van der Waals surface area contributed by atoms with Crippen LogP contribution in [0.1, 0.15) is 23.0 Å². The number of nitrogens with zero attached hydrogens (tertiary/aromatic N) is 2. The van der Waals surface area contributed by atoms with E-state index in [0.29, 0.717) is 0 Å². The molecule has 18 heavy (non-hydrogen) atoms. The number of esters is 1. The summed E-state index contributed by atoms with van der Waals surface area (Å²) in [7, 11) is 0. The van der Waals surface area contributed by atoms with Crippen molar-refractivity contribution in [3.8, 4) is 11.9 Å². The molecule has 0 fully saturated rings. The maximum atomic E-state index is 12.1. The van der Waals surface area contributed by atoms with Crippen molar-refractivity contribution < 1.29 is 27.4 Å². The average molecular weight is 260 g/mol. The normalized spacial score (nSPS) is 10.6. The molecule has 5 nitrogen and oxygen atoms in total. The fourth-order valence-electron chi connectivity index (χ4n) is 1.05. The minimum atomic E-state index is -5.01. The van der Waals surface area contributed by atoms with Crippen molar-refractivity contribution in [1.82, 2.24) is 4.98 Å². The van der Waals surface area contributed by atoms with Gasteiger partial charge < -0.3 is 9.47 Å². The van der Waals surface area contributed by atoms with Gasteiger partial charge >= 0.3 is 12.3 Å². The van der Waals surface area contributed by atoms with Crippen molar-refractivity contribution in [2.45, 2.75) is 13.3 Å². The SMILES string of the molecule is CCOC(=O)c1ccc(C#N)nc1OC(F)(F)F. The molecule has 96 valence electrons. The molecule has 1 rings (SSSR count). The van der Waals surface area contributed by atoms with E-state index in [2.05, 4.69) is 14.5 Å². The summed E-state index contributed by atoms with van der Waals surface area (Å²) < 4.78 is 44.5. The first-order valence-electron chi connectivity index (χ1n) is 4.71. The lowest BCUT2D eigenvalue weighted by molar-refractivity contribution is -0.276. The van der Waals surface area contributed by atoms with Gasteiger partial charge in [0.25, 0.3) is 0 Å². The largest absolute Gasteiger partial charge is 0.574 e. The average Bonchev–Trinajstić information content (AvgIpc) is 2.27. The van der Waals surface area contributed by atoms with Crippen molar-refractivity contribution in [3.63, 3.8) is 0 Å². The summed E-state index contributed by atoms with van der Waals surface area (Å²) in [6, 6.07) is 3.62. The number of hydrogen-bond donors (Lipinski definition) is 0. The Bertz CT molecular complexity index is 494. The highest BCUT2D eigenvalue weighted by Gasteiger charge is 2.34. The van der Waals surface area contributed by atoms with Crippen molar-refractivity contribution >= 4 is 5.97 Å². The lowest BCUT2D eigenvalue weighted by Gasteiger charge is -2.11. The Balaban J connectivity index is 3.17. The predicted molar refractivity (Wildman–Crippen MR) is 51.6 cm³/mol. The number of pyridine rings is 1. The van der Waals surface area contributed by atoms with Gasteiger partial charge in [0.05, 0.1) is 6.61 Å². The summed E-state index contributed by atoms with van der Waals surface area (Å²) in [5.41, 5.74) is -0.796. The fourth-order valence-corrected chi connectivity index (χ4v) is 1.05. The van der Waals surface area contributed by atoms with Gasteiger partial charge in [-0.15, -0.1) is 13.2 Å². The smallest absolute Gasteiger partial charge is 0.462 e. The van der Waals surface area contributed by atoms with E-state index in [1.807, 2.05) is 0 Å². The number of ether oxygens (including phenoxy) is 2. The van der Waals surface area contributed by atoms with Gasteiger partial charge in [-0.3, -0.25) is 0 Å². The highest BCUT2D eigenvalue weighted by atomic mass is 19.4. The Morgan fingerprint density at radius 1 is 1.50 bits per heavy atom. The zero-order valence-electron chi connectivity index (χ0n) is 9.11. The van der Waals surface area contributed by atoms with Crippen molar-refractivity contribution in [1.29, 1.82) is 5.26 Å².